The van der Waals surface area contributed by atoms with E-state index in [1.807, 2.05) is 12.3 Å². The van der Waals surface area contributed by atoms with Crippen LogP contribution in [-0.2, 0) is 0 Å². The SMILES string of the molecule is CC1CC=Cc2c1oc1ccc(-c3ccc4c(c3)c3ccccc3n4-c3cc4c5c(cccc5n3)-c3cccnc3-4)cc21. The first-order valence-electron chi connectivity index (χ1n) is 14.9. The molecule has 0 fully saturated rings. The van der Waals surface area contributed by atoms with Crippen molar-refractivity contribution in [2.75, 3.05) is 0 Å². The molecule has 4 aromatic heterocycles. The second-order valence-corrected chi connectivity index (χ2v) is 11.8. The summed E-state index contributed by atoms with van der Waals surface area (Å²) in [6.07, 6.45) is 7.39. The first-order chi connectivity index (χ1) is 21.2. The van der Waals surface area contributed by atoms with E-state index in [0.29, 0.717) is 5.92 Å². The Balaban J connectivity index is 1.20. The number of hydrogen-bond donors (Lipinski definition) is 0. The second-order valence-electron chi connectivity index (χ2n) is 11.8. The van der Waals surface area contributed by atoms with Crippen molar-refractivity contribution in [3.05, 3.63) is 121 Å². The minimum Gasteiger partial charge on any atom is -0.460 e. The monoisotopic (exact) mass is 551 g/mol. The van der Waals surface area contributed by atoms with Crippen LogP contribution < -0.4 is 0 Å². The highest BCUT2D eigenvalue weighted by molar-refractivity contribution is 6.15. The van der Waals surface area contributed by atoms with Crippen LogP contribution in [0, 0.1) is 0 Å². The highest BCUT2D eigenvalue weighted by Gasteiger charge is 2.25. The molecule has 202 valence electrons. The number of aromatic nitrogens is 3. The third kappa shape index (κ3) is 3.10. The lowest BCUT2D eigenvalue weighted by Crippen LogP contribution is -1.98. The van der Waals surface area contributed by atoms with E-state index in [1.165, 1.54) is 49.4 Å². The lowest BCUT2D eigenvalue weighted by molar-refractivity contribution is 0.504. The maximum atomic E-state index is 6.28. The Morgan fingerprint density at radius 3 is 2.53 bits per heavy atom. The van der Waals surface area contributed by atoms with Crippen molar-refractivity contribution in [3.63, 3.8) is 0 Å². The van der Waals surface area contributed by atoms with Crippen molar-refractivity contribution in [2.45, 2.75) is 19.3 Å². The number of rotatable bonds is 2. The zero-order chi connectivity index (χ0) is 28.2. The molecule has 0 radical (unpaired) electrons. The number of benzene rings is 4. The highest BCUT2D eigenvalue weighted by Crippen LogP contribution is 2.47. The van der Waals surface area contributed by atoms with Crippen LogP contribution in [0.4, 0.5) is 0 Å². The number of fused-ring (bicyclic) bond motifs is 9. The van der Waals surface area contributed by atoms with Gasteiger partial charge in [0, 0.05) is 50.4 Å². The Bertz CT molecular complexity index is 2510. The van der Waals surface area contributed by atoms with Crippen molar-refractivity contribution in [1.82, 2.24) is 14.5 Å². The van der Waals surface area contributed by atoms with E-state index in [9.17, 15) is 0 Å². The normalized spacial score (nSPS) is 15.1. The molecular formula is C39H25N3O. The lowest BCUT2D eigenvalue weighted by atomic mass is 9.93. The minimum absolute atomic E-state index is 0.406. The van der Waals surface area contributed by atoms with Gasteiger partial charge in [-0.3, -0.25) is 9.55 Å². The van der Waals surface area contributed by atoms with E-state index in [0.717, 1.165) is 51.4 Å². The first-order valence-corrected chi connectivity index (χ1v) is 14.9. The molecular weight excluding hydrogens is 526 g/mol. The van der Waals surface area contributed by atoms with E-state index in [-0.39, 0.29) is 0 Å². The molecule has 1 unspecified atom stereocenters. The van der Waals surface area contributed by atoms with Crippen molar-refractivity contribution >= 4 is 49.8 Å². The van der Waals surface area contributed by atoms with Gasteiger partial charge in [-0.1, -0.05) is 67.6 Å². The van der Waals surface area contributed by atoms with Crippen LogP contribution >= 0.6 is 0 Å². The molecule has 0 bridgehead atoms. The summed E-state index contributed by atoms with van der Waals surface area (Å²) in [5.74, 6) is 2.41. The predicted molar refractivity (Wildman–Crippen MR) is 176 cm³/mol. The molecule has 4 aromatic carbocycles. The summed E-state index contributed by atoms with van der Waals surface area (Å²) in [5, 5.41) is 4.79. The van der Waals surface area contributed by atoms with Crippen molar-refractivity contribution in [3.8, 4) is 39.3 Å². The summed E-state index contributed by atoms with van der Waals surface area (Å²) < 4.78 is 8.59. The van der Waals surface area contributed by atoms with E-state index < -0.39 is 0 Å². The largest absolute Gasteiger partial charge is 0.460 e. The third-order valence-electron chi connectivity index (χ3n) is 9.39. The number of para-hydroxylation sites is 1. The van der Waals surface area contributed by atoms with Crippen LogP contribution in [0.1, 0.15) is 30.6 Å². The number of allylic oxidation sites excluding steroid dienone is 1. The van der Waals surface area contributed by atoms with Gasteiger partial charge in [0.25, 0.3) is 0 Å². The third-order valence-corrected chi connectivity index (χ3v) is 9.39. The fourth-order valence-electron chi connectivity index (χ4n) is 7.39. The van der Waals surface area contributed by atoms with Gasteiger partial charge >= 0.3 is 0 Å². The topological polar surface area (TPSA) is 43.9 Å². The standard InChI is InChI=1S/C39H25N3O/c1-22-7-4-10-28-30-20-24(15-17-35(30)43-39(22)28)23-14-16-34-29(19-23)25-8-2-3-13-33(25)42(34)36-21-31-37-26(9-5-12-32(37)41-36)27-11-6-18-40-38(27)31/h2-6,8-22H,7H2,1H3. The van der Waals surface area contributed by atoms with Crippen LogP contribution in [0.3, 0.4) is 0 Å². The van der Waals surface area contributed by atoms with Crippen LogP contribution in [0.25, 0.3) is 89.1 Å². The van der Waals surface area contributed by atoms with Crippen LogP contribution in [-0.4, -0.2) is 14.5 Å². The van der Waals surface area contributed by atoms with E-state index >= 15 is 0 Å². The average molecular weight is 552 g/mol. The summed E-state index contributed by atoms with van der Waals surface area (Å²) in [4.78, 5) is 10.0. The molecule has 2 aliphatic rings. The molecule has 10 rings (SSSR count). The first kappa shape index (κ1) is 23.1. The summed E-state index contributed by atoms with van der Waals surface area (Å²) in [5.41, 5.74) is 12.4. The molecule has 0 spiro atoms. The van der Waals surface area contributed by atoms with E-state index in [4.69, 9.17) is 14.4 Å². The van der Waals surface area contributed by atoms with Gasteiger partial charge < -0.3 is 4.42 Å². The second kappa shape index (κ2) is 8.30. The Morgan fingerprint density at radius 2 is 1.58 bits per heavy atom. The molecule has 0 saturated carbocycles. The van der Waals surface area contributed by atoms with E-state index in [2.05, 4.69) is 115 Å². The fourth-order valence-corrected chi connectivity index (χ4v) is 7.39. The number of nitrogens with zero attached hydrogens (tertiary/aromatic N) is 3. The zero-order valence-corrected chi connectivity index (χ0v) is 23.5. The van der Waals surface area contributed by atoms with Crippen LogP contribution in [0.5, 0.6) is 0 Å². The van der Waals surface area contributed by atoms with Gasteiger partial charge in [-0.15, -0.1) is 0 Å². The molecule has 43 heavy (non-hydrogen) atoms. The predicted octanol–water partition coefficient (Wildman–Crippen LogP) is 10.3. The lowest BCUT2D eigenvalue weighted by Gasteiger charge is -2.11. The van der Waals surface area contributed by atoms with Gasteiger partial charge in [-0.25, -0.2) is 4.98 Å². The number of pyridine rings is 2. The Hall–Kier alpha value is -5.48. The number of furan rings is 1. The molecule has 0 aliphatic heterocycles. The van der Waals surface area contributed by atoms with Crippen molar-refractivity contribution in [1.29, 1.82) is 0 Å². The molecule has 8 aromatic rings. The fraction of sp³-hybridized carbons (Fsp3) is 0.0769. The summed E-state index contributed by atoms with van der Waals surface area (Å²) >= 11 is 0. The summed E-state index contributed by atoms with van der Waals surface area (Å²) in [6.45, 7) is 2.24. The molecule has 2 aliphatic carbocycles. The maximum Gasteiger partial charge on any atom is 0.138 e. The van der Waals surface area contributed by atoms with Crippen molar-refractivity contribution in [2.24, 2.45) is 0 Å². The van der Waals surface area contributed by atoms with Crippen molar-refractivity contribution < 1.29 is 4.42 Å². The smallest absolute Gasteiger partial charge is 0.138 e. The maximum absolute atomic E-state index is 6.28. The summed E-state index contributed by atoms with van der Waals surface area (Å²) in [7, 11) is 0. The average Bonchev–Trinajstić information content (AvgIpc) is 3.70. The zero-order valence-electron chi connectivity index (χ0n) is 23.5. The highest BCUT2D eigenvalue weighted by atomic mass is 16.3. The molecule has 0 N–H and O–H groups in total. The molecule has 4 heteroatoms. The van der Waals surface area contributed by atoms with Gasteiger partial charge in [-0.05, 0) is 71.6 Å². The van der Waals surface area contributed by atoms with E-state index in [1.54, 1.807) is 0 Å². The minimum atomic E-state index is 0.406. The van der Waals surface area contributed by atoms with Crippen LogP contribution in [0.15, 0.2) is 114 Å². The molecule has 4 heterocycles. The number of hydrogen-bond acceptors (Lipinski definition) is 3. The molecule has 4 nitrogen and oxygen atoms in total. The molecule has 0 saturated heterocycles. The van der Waals surface area contributed by atoms with Crippen LogP contribution in [0.2, 0.25) is 0 Å². The Morgan fingerprint density at radius 1 is 0.744 bits per heavy atom. The van der Waals surface area contributed by atoms with Gasteiger partial charge in [0.1, 0.15) is 17.2 Å². The summed E-state index contributed by atoms with van der Waals surface area (Å²) in [6, 6.07) is 34.8. The van der Waals surface area contributed by atoms with Gasteiger partial charge in [0.05, 0.1) is 22.2 Å². The molecule has 0 amide bonds. The Labute approximate surface area is 247 Å². The van der Waals surface area contributed by atoms with Gasteiger partial charge in [0.15, 0.2) is 0 Å². The quantitative estimate of drug-likeness (QED) is 0.215. The molecule has 1 atom stereocenters. The van der Waals surface area contributed by atoms with Gasteiger partial charge in [0.2, 0.25) is 0 Å². The Kier molecular flexibility index (Phi) is 4.46. The van der Waals surface area contributed by atoms with Gasteiger partial charge in [-0.2, -0.15) is 0 Å².